The van der Waals surface area contributed by atoms with Crippen LogP contribution in [0.3, 0.4) is 0 Å². The number of halogens is 2. The Balaban J connectivity index is 1.56. The third kappa shape index (κ3) is 7.89. The van der Waals surface area contributed by atoms with Crippen molar-refractivity contribution in [3.63, 3.8) is 0 Å². The molecule has 1 aliphatic rings. The zero-order chi connectivity index (χ0) is 27.5. The summed E-state index contributed by atoms with van der Waals surface area (Å²) in [6, 6.07) is 2.56. The molecule has 0 unspecified atom stereocenters. The van der Waals surface area contributed by atoms with Crippen molar-refractivity contribution >= 4 is 33.6 Å². The molecule has 10 nitrogen and oxygen atoms in total. The Labute approximate surface area is 221 Å². The Morgan fingerprint density at radius 1 is 1.24 bits per heavy atom. The average Bonchev–Trinajstić information content (AvgIpc) is 3.24. The number of hydrogen-bond acceptors (Lipinski definition) is 6. The van der Waals surface area contributed by atoms with Crippen LogP contribution in [0.5, 0.6) is 0 Å². The summed E-state index contributed by atoms with van der Waals surface area (Å²) >= 11 is 5.96. The standard InChI is InChI=1S/C24H33ClFN5O5S/c1-24(2,3)36-23(33)31(5)17-8-6-15(7-9-17)13-37(34,35)29-28-22(32)18-10-16(11-19(25)21(18)26)20-12-30(4)14-27-20/h10-12,14-15,17,29H,6-9,13H2,1-5H3,(H,28,32)/t15-,17+. The molecule has 2 amide bonds. The van der Waals surface area contributed by atoms with E-state index in [-0.39, 0.29) is 22.7 Å². The van der Waals surface area contributed by atoms with Crippen molar-refractivity contribution < 1.29 is 27.1 Å². The molecule has 1 aliphatic carbocycles. The Morgan fingerprint density at radius 2 is 1.89 bits per heavy atom. The number of rotatable bonds is 7. The SMILES string of the molecule is Cn1cnc(-c2cc(Cl)c(F)c(C(=O)NNS(=O)(=O)C[C@H]3CC[C@@H](N(C)C(=O)OC(C)(C)C)CC3)c2)c1. The van der Waals surface area contributed by atoms with Gasteiger partial charge in [0.25, 0.3) is 5.91 Å². The third-order valence-electron chi connectivity index (χ3n) is 6.09. The van der Waals surface area contributed by atoms with Crippen LogP contribution in [-0.2, 0) is 21.8 Å². The quantitative estimate of drug-likeness (QED) is 0.498. The van der Waals surface area contributed by atoms with E-state index in [4.69, 9.17) is 16.3 Å². The molecule has 1 aromatic heterocycles. The van der Waals surface area contributed by atoms with Crippen molar-refractivity contribution in [3.8, 4) is 11.3 Å². The maximum Gasteiger partial charge on any atom is 0.410 e. The number of amides is 2. The van der Waals surface area contributed by atoms with Gasteiger partial charge in [0.05, 0.1) is 28.4 Å². The smallest absolute Gasteiger partial charge is 0.410 e. The summed E-state index contributed by atoms with van der Waals surface area (Å²) in [4.78, 5) is 32.7. The van der Waals surface area contributed by atoms with Gasteiger partial charge in [0.15, 0.2) is 5.82 Å². The zero-order valence-electron chi connectivity index (χ0n) is 21.5. The van der Waals surface area contributed by atoms with Crippen LogP contribution in [0.2, 0.25) is 5.02 Å². The van der Waals surface area contributed by atoms with Crippen molar-refractivity contribution in [1.82, 2.24) is 24.7 Å². The molecule has 1 aromatic carbocycles. The number of hydrazine groups is 1. The summed E-state index contributed by atoms with van der Waals surface area (Å²) in [6.07, 6.45) is 5.25. The molecule has 13 heteroatoms. The highest BCUT2D eigenvalue weighted by Gasteiger charge is 2.31. The van der Waals surface area contributed by atoms with Crippen molar-refractivity contribution in [1.29, 1.82) is 0 Å². The molecule has 0 spiro atoms. The predicted octanol–water partition coefficient (Wildman–Crippen LogP) is 3.87. The van der Waals surface area contributed by atoms with Crippen LogP contribution in [0.4, 0.5) is 9.18 Å². The van der Waals surface area contributed by atoms with Gasteiger partial charge >= 0.3 is 6.09 Å². The molecule has 204 valence electrons. The van der Waals surface area contributed by atoms with Crippen molar-refractivity contribution in [2.45, 2.75) is 58.1 Å². The fourth-order valence-corrected chi connectivity index (χ4v) is 5.69. The van der Waals surface area contributed by atoms with Crippen molar-refractivity contribution in [2.24, 2.45) is 13.0 Å². The molecular weight excluding hydrogens is 525 g/mol. The van der Waals surface area contributed by atoms with Gasteiger partial charge in [0, 0.05) is 31.9 Å². The third-order valence-corrected chi connectivity index (χ3v) is 7.69. The maximum absolute atomic E-state index is 14.6. The second-order valence-corrected chi connectivity index (χ2v) is 12.5. The lowest BCUT2D eigenvalue weighted by Gasteiger charge is -2.35. The Kier molecular flexibility index (Phi) is 8.86. The lowest BCUT2D eigenvalue weighted by Crippen LogP contribution is -2.45. The highest BCUT2D eigenvalue weighted by atomic mass is 35.5. The first kappa shape index (κ1) is 28.9. The topological polar surface area (TPSA) is 123 Å². The lowest BCUT2D eigenvalue weighted by molar-refractivity contribution is 0.0175. The Morgan fingerprint density at radius 3 is 2.46 bits per heavy atom. The summed E-state index contributed by atoms with van der Waals surface area (Å²) < 4.78 is 46.9. The summed E-state index contributed by atoms with van der Waals surface area (Å²) in [6.45, 7) is 5.39. The van der Waals surface area contributed by atoms with E-state index >= 15 is 0 Å². The molecule has 2 N–H and O–H groups in total. The molecule has 37 heavy (non-hydrogen) atoms. The minimum Gasteiger partial charge on any atom is -0.444 e. The minimum atomic E-state index is -3.90. The van der Waals surface area contributed by atoms with E-state index in [2.05, 4.69) is 15.2 Å². The first-order valence-electron chi connectivity index (χ1n) is 11.9. The van der Waals surface area contributed by atoms with E-state index in [0.717, 1.165) is 0 Å². The van der Waals surface area contributed by atoms with Crippen LogP contribution in [0.15, 0.2) is 24.7 Å². The fraction of sp³-hybridized carbons (Fsp3) is 0.542. The second kappa shape index (κ2) is 11.4. The van der Waals surface area contributed by atoms with Crippen LogP contribution in [0, 0.1) is 11.7 Å². The van der Waals surface area contributed by atoms with Gasteiger partial charge < -0.3 is 14.2 Å². The van der Waals surface area contributed by atoms with E-state index in [0.29, 0.717) is 36.9 Å². The second-order valence-electron chi connectivity index (χ2n) is 10.3. The molecule has 0 atom stereocenters. The highest BCUT2D eigenvalue weighted by Crippen LogP contribution is 2.29. The van der Waals surface area contributed by atoms with Crippen LogP contribution in [0.25, 0.3) is 11.3 Å². The molecule has 0 saturated heterocycles. The molecule has 0 radical (unpaired) electrons. The van der Waals surface area contributed by atoms with Gasteiger partial charge in [-0.2, -0.15) is 0 Å². The first-order chi connectivity index (χ1) is 17.1. The van der Waals surface area contributed by atoms with Gasteiger partial charge in [-0.25, -0.2) is 22.6 Å². The lowest BCUT2D eigenvalue weighted by atomic mass is 9.87. The van der Waals surface area contributed by atoms with E-state index in [1.165, 1.54) is 12.1 Å². The van der Waals surface area contributed by atoms with Crippen molar-refractivity contribution in [2.75, 3.05) is 12.8 Å². The number of sulfonamides is 1. The number of aromatic nitrogens is 2. The molecule has 0 bridgehead atoms. The number of carbonyl (C=O) groups excluding carboxylic acids is 2. The van der Waals surface area contributed by atoms with Gasteiger partial charge in [-0.3, -0.25) is 10.2 Å². The van der Waals surface area contributed by atoms with Crippen LogP contribution in [-0.4, -0.2) is 59.3 Å². The summed E-state index contributed by atoms with van der Waals surface area (Å²) in [7, 11) is -0.461. The number of benzene rings is 1. The highest BCUT2D eigenvalue weighted by molar-refractivity contribution is 7.89. The number of nitrogens with zero attached hydrogens (tertiary/aromatic N) is 3. The van der Waals surface area contributed by atoms with E-state index in [1.54, 1.807) is 56.9 Å². The number of imidazole rings is 1. The normalized spacial score (nSPS) is 18.4. The average molecular weight is 558 g/mol. The van der Waals surface area contributed by atoms with E-state index < -0.39 is 39.0 Å². The predicted molar refractivity (Wildman–Crippen MR) is 138 cm³/mol. The Bertz CT molecular complexity index is 1250. The number of carbonyl (C=O) groups is 2. The van der Waals surface area contributed by atoms with Gasteiger partial charge in [0.2, 0.25) is 10.0 Å². The largest absolute Gasteiger partial charge is 0.444 e. The first-order valence-corrected chi connectivity index (χ1v) is 13.9. The summed E-state index contributed by atoms with van der Waals surface area (Å²) in [5.74, 6) is -2.32. The van der Waals surface area contributed by atoms with Gasteiger partial charge in [-0.15, -0.1) is 4.83 Å². The fourth-order valence-electron chi connectivity index (χ4n) is 4.19. The van der Waals surface area contributed by atoms with E-state index in [1.807, 2.05) is 0 Å². The Hall–Kier alpha value is -2.70. The number of aryl methyl sites for hydroxylation is 1. The van der Waals surface area contributed by atoms with Crippen LogP contribution < -0.4 is 10.3 Å². The molecule has 0 aliphatic heterocycles. The van der Waals surface area contributed by atoms with Crippen LogP contribution >= 0.6 is 11.6 Å². The number of hydrogen-bond donors (Lipinski definition) is 2. The molecule has 1 saturated carbocycles. The molecule has 3 rings (SSSR count). The van der Waals surface area contributed by atoms with Gasteiger partial charge in [0.1, 0.15) is 5.60 Å². The van der Waals surface area contributed by atoms with E-state index in [9.17, 15) is 22.4 Å². The molecule has 1 fully saturated rings. The van der Waals surface area contributed by atoms with Crippen molar-refractivity contribution in [3.05, 3.63) is 41.1 Å². The maximum atomic E-state index is 14.6. The van der Waals surface area contributed by atoms with Gasteiger partial charge in [-0.05, 0) is 64.5 Å². The van der Waals surface area contributed by atoms with Gasteiger partial charge in [-0.1, -0.05) is 11.6 Å². The summed E-state index contributed by atoms with van der Waals surface area (Å²) in [5, 5.41) is -0.288. The van der Waals surface area contributed by atoms with Crippen LogP contribution in [0.1, 0.15) is 56.8 Å². The zero-order valence-corrected chi connectivity index (χ0v) is 23.1. The summed E-state index contributed by atoms with van der Waals surface area (Å²) in [5.41, 5.74) is 1.95. The molecule has 1 heterocycles. The minimum absolute atomic E-state index is 0.0411. The number of ether oxygens (including phenoxy) is 1. The monoisotopic (exact) mass is 557 g/mol. The number of nitrogens with one attached hydrogen (secondary N) is 2. The molecule has 2 aromatic rings. The molecular formula is C24H33ClFN5O5S.